The fraction of sp³-hybridized carbons (Fsp3) is 0.188. The lowest BCUT2D eigenvalue weighted by molar-refractivity contribution is -0.119. The number of carbonyl (C=O) groups excluding carboxylic acids is 1. The van der Waals surface area contributed by atoms with Gasteiger partial charge in [-0.05, 0) is 11.1 Å². The molecule has 1 heteroatoms. The molecule has 0 fully saturated rings. The van der Waals surface area contributed by atoms with E-state index >= 15 is 0 Å². The van der Waals surface area contributed by atoms with E-state index in [9.17, 15) is 4.79 Å². The minimum Gasteiger partial charge on any atom is -0.299 e. The van der Waals surface area contributed by atoms with Crippen molar-refractivity contribution in [2.24, 2.45) is 0 Å². The SMILES string of the molecule is CCC(=O)C(c1ccccc1)c1ccccc1. The maximum absolute atomic E-state index is 12.1. The minimum absolute atomic E-state index is 0.123. The molecule has 0 N–H and O–H groups in total. The summed E-state index contributed by atoms with van der Waals surface area (Å²) in [5, 5.41) is 0. The summed E-state index contributed by atoms with van der Waals surface area (Å²) in [6, 6.07) is 19.9. The second-order valence-electron chi connectivity index (χ2n) is 4.07. The van der Waals surface area contributed by atoms with Crippen LogP contribution in [0.2, 0.25) is 0 Å². The van der Waals surface area contributed by atoms with Gasteiger partial charge in [-0.15, -0.1) is 0 Å². The van der Waals surface area contributed by atoms with Crippen molar-refractivity contribution in [1.29, 1.82) is 0 Å². The smallest absolute Gasteiger partial charge is 0.144 e. The van der Waals surface area contributed by atoms with Crippen molar-refractivity contribution < 1.29 is 4.79 Å². The first kappa shape index (κ1) is 11.6. The van der Waals surface area contributed by atoms with Gasteiger partial charge in [-0.2, -0.15) is 0 Å². The molecule has 2 aromatic carbocycles. The summed E-state index contributed by atoms with van der Waals surface area (Å²) in [5.74, 6) is 0.143. The maximum Gasteiger partial charge on any atom is 0.144 e. The van der Waals surface area contributed by atoms with Crippen LogP contribution in [0.15, 0.2) is 60.7 Å². The van der Waals surface area contributed by atoms with E-state index in [2.05, 4.69) is 0 Å². The quantitative estimate of drug-likeness (QED) is 0.772. The highest BCUT2D eigenvalue weighted by atomic mass is 16.1. The lowest BCUT2D eigenvalue weighted by Crippen LogP contribution is -2.12. The average molecular weight is 224 g/mol. The summed E-state index contributed by atoms with van der Waals surface area (Å²) in [6.45, 7) is 1.92. The average Bonchev–Trinajstić information content (AvgIpc) is 2.41. The molecule has 0 unspecified atom stereocenters. The van der Waals surface area contributed by atoms with E-state index in [0.29, 0.717) is 6.42 Å². The van der Waals surface area contributed by atoms with Crippen molar-refractivity contribution >= 4 is 5.78 Å². The van der Waals surface area contributed by atoms with E-state index in [1.807, 2.05) is 67.6 Å². The van der Waals surface area contributed by atoms with E-state index in [4.69, 9.17) is 0 Å². The van der Waals surface area contributed by atoms with Gasteiger partial charge < -0.3 is 0 Å². The molecule has 1 nitrogen and oxygen atoms in total. The number of carbonyl (C=O) groups is 1. The summed E-state index contributed by atoms with van der Waals surface area (Å²) in [4.78, 5) is 12.1. The molecule has 0 spiro atoms. The molecular weight excluding hydrogens is 208 g/mol. The molecule has 0 aliphatic carbocycles. The Balaban J connectivity index is 2.43. The second-order valence-corrected chi connectivity index (χ2v) is 4.07. The Hall–Kier alpha value is -1.89. The molecule has 0 radical (unpaired) electrons. The van der Waals surface area contributed by atoms with E-state index < -0.39 is 0 Å². The van der Waals surface area contributed by atoms with Crippen LogP contribution >= 0.6 is 0 Å². The lowest BCUT2D eigenvalue weighted by atomic mass is 9.87. The first-order valence-corrected chi connectivity index (χ1v) is 5.95. The Bertz CT molecular complexity index is 434. The van der Waals surface area contributed by atoms with Crippen LogP contribution in [0.25, 0.3) is 0 Å². The maximum atomic E-state index is 12.1. The van der Waals surface area contributed by atoms with Gasteiger partial charge in [0.15, 0.2) is 0 Å². The van der Waals surface area contributed by atoms with Crippen molar-refractivity contribution in [2.45, 2.75) is 19.3 Å². The van der Waals surface area contributed by atoms with Crippen LogP contribution < -0.4 is 0 Å². The Labute approximate surface area is 102 Å². The van der Waals surface area contributed by atoms with E-state index in [-0.39, 0.29) is 11.7 Å². The highest BCUT2D eigenvalue weighted by Crippen LogP contribution is 2.26. The molecule has 2 aromatic rings. The van der Waals surface area contributed by atoms with Gasteiger partial charge in [-0.1, -0.05) is 67.6 Å². The standard InChI is InChI=1S/C16H16O/c1-2-15(17)16(13-9-5-3-6-10-13)14-11-7-4-8-12-14/h3-12,16H,2H2,1H3. The normalized spacial score (nSPS) is 10.5. The molecule has 0 amide bonds. The summed E-state index contributed by atoms with van der Waals surface area (Å²) in [6.07, 6.45) is 0.564. The van der Waals surface area contributed by atoms with Crippen molar-refractivity contribution in [3.8, 4) is 0 Å². The highest BCUT2D eigenvalue weighted by molar-refractivity contribution is 5.88. The number of Topliss-reactive ketones (excluding diaryl/α,β-unsaturated/α-hetero) is 1. The van der Waals surface area contributed by atoms with Crippen molar-refractivity contribution in [3.05, 3.63) is 71.8 Å². The molecule has 86 valence electrons. The third-order valence-corrected chi connectivity index (χ3v) is 2.94. The van der Waals surface area contributed by atoms with Crippen LogP contribution in [0.3, 0.4) is 0 Å². The van der Waals surface area contributed by atoms with E-state index in [0.717, 1.165) is 11.1 Å². The Morgan fingerprint density at radius 2 is 1.29 bits per heavy atom. The second kappa shape index (κ2) is 5.44. The number of hydrogen-bond acceptors (Lipinski definition) is 1. The largest absolute Gasteiger partial charge is 0.299 e. The Kier molecular flexibility index (Phi) is 3.71. The van der Waals surface area contributed by atoms with Crippen LogP contribution in [0.1, 0.15) is 30.4 Å². The zero-order valence-electron chi connectivity index (χ0n) is 9.97. The number of rotatable bonds is 4. The molecule has 0 aliphatic rings. The van der Waals surface area contributed by atoms with E-state index in [1.165, 1.54) is 0 Å². The van der Waals surface area contributed by atoms with Gasteiger partial charge in [0.2, 0.25) is 0 Å². The molecule has 0 atom stereocenters. The number of ketones is 1. The van der Waals surface area contributed by atoms with Gasteiger partial charge in [0, 0.05) is 6.42 Å². The summed E-state index contributed by atoms with van der Waals surface area (Å²) in [5.41, 5.74) is 2.15. The van der Waals surface area contributed by atoms with Crippen molar-refractivity contribution in [1.82, 2.24) is 0 Å². The lowest BCUT2D eigenvalue weighted by Gasteiger charge is -2.15. The van der Waals surface area contributed by atoms with Crippen molar-refractivity contribution in [3.63, 3.8) is 0 Å². The Morgan fingerprint density at radius 1 is 0.882 bits per heavy atom. The number of benzene rings is 2. The first-order valence-electron chi connectivity index (χ1n) is 5.95. The first-order chi connectivity index (χ1) is 8.33. The molecule has 2 rings (SSSR count). The fourth-order valence-corrected chi connectivity index (χ4v) is 2.06. The van der Waals surface area contributed by atoms with Crippen molar-refractivity contribution in [2.75, 3.05) is 0 Å². The van der Waals surface area contributed by atoms with Gasteiger partial charge in [0.05, 0.1) is 5.92 Å². The predicted octanol–water partition coefficient (Wildman–Crippen LogP) is 3.80. The molecule has 0 heterocycles. The van der Waals surface area contributed by atoms with Gasteiger partial charge in [-0.25, -0.2) is 0 Å². The van der Waals surface area contributed by atoms with E-state index in [1.54, 1.807) is 0 Å². The third-order valence-electron chi connectivity index (χ3n) is 2.94. The number of hydrogen-bond donors (Lipinski definition) is 0. The highest BCUT2D eigenvalue weighted by Gasteiger charge is 2.20. The molecule has 0 saturated heterocycles. The summed E-state index contributed by atoms with van der Waals surface area (Å²) < 4.78 is 0. The zero-order valence-corrected chi connectivity index (χ0v) is 9.97. The van der Waals surface area contributed by atoms with Gasteiger partial charge >= 0.3 is 0 Å². The molecule has 0 aromatic heterocycles. The van der Waals surface area contributed by atoms with Gasteiger partial charge in [0.25, 0.3) is 0 Å². The molecule has 0 aliphatic heterocycles. The van der Waals surface area contributed by atoms with Crippen LogP contribution in [-0.2, 0) is 4.79 Å². The van der Waals surface area contributed by atoms with Gasteiger partial charge in [0.1, 0.15) is 5.78 Å². The Morgan fingerprint density at radius 3 is 1.65 bits per heavy atom. The topological polar surface area (TPSA) is 17.1 Å². The summed E-state index contributed by atoms with van der Waals surface area (Å²) in [7, 11) is 0. The van der Waals surface area contributed by atoms with Crippen LogP contribution in [0.5, 0.6) is 0 Å². The summed E-state index contributed by atoms with van der Waals surface area (Å²) >= 11 is 0. The zero-order chi connectivity index (χ0) is 12.1. The van der Waals surface area contributed by atoms with Crippen LogP contribution in [0.4, 0.5) is 0 Å². The monoisotopic (exact) mass is 224 g/mol. The molecular formula is C16H16O. The van der Waals surface area contributed by atoms with Crippen LogP contribution in [-0.4, -0.2) is 5.78 Å². The molecule has 0 bridgehead atoms. The fourth-order valence-electron chi connectivity index (χ4n) is 2.06. The third kappa shape index (κ3) is 2.62. The molecule has 0 saturated carbocycles. The predicted molar refractivity (Wildman–Crippen MR) is 70.0 cm³/mol. The van der Waals surface area contributed by atoms with Gasteiger partial charge in [-0.3, -0.25) is 4.79 Å². The van der Waals surface area contributed by atoms with Crippen LogP contribution in [0, 0.1) is 0 Å². The minimum atomic E-state index is -0.123. The molecule has 17 heavy (non-hydrogen) atoms.